The maximum atomic E-state index is 13.8. The molecule has 1 aromatic heterocycles. The molecule has 0 spiro atoms. The molecule has 1 amide bonds. The van der Waals surface area contributed by atoms with E-state index in [0.717, 1.165) is 33.5 Å². The molecule has 1 atom stereocenters. The molecule has 2 N–H and O–H groups in total. The zero-order chi connectivity index (χ0) is 23.2. The van der Waals surface area contributed by atoms with Crippen LogP contribution < -0.4 is 20.1 Å². The molecule has 7 nitrogen and oxygen atoms in total. The van der Waals surface area contributed by atoms with Gasteiger partial charge < -0.3 is 20.1 Å². The number of nitrogens with zero attached hydrogens (tertiary/aromatic N) is 2. The van der Waals surface area contributed by atoms with Crippen LogP contribution in [0, 0.1) is 6.92 Å². The van der Waals surface area contributed by atoms with Gasteiger partial charge in [-0.05, 0) is 55.3 Å². The number of carbonyl (C=O) groups excluding carboxylic acids is 1. The Balaban J connectivity index is 1.52. The van der Waals surface area contributed by atoms with E-state index in [1.54, 1.807) is 0 Å². The number of aryl methyl sites for hydroxylation is 1. The maximum absolute atomic E-state index is 13.8. The molecule has 170 valence electrons. The van der Waals surface area contributed by atoms with Gasteiger partial charge in [-0.1, -0.05) is 36.4 Å². The zero-order valence-corrected chi connectivity index (χ0v) is 19.0. The van der Waals surface area contributed by atoms with Crippen LogP contribution in [0.3, 0.4) is 0 Å². The van der Waals surface area contributed by atoms with Gasteiger partial charge in [-0.3, -0.25) is 9.36 Å². The molecule has 0 aliphatic carbocycles. The monoisotopic (exact) mass is 452 g/mol. The molecule has 3 aromatic carbocycles. The normalized spacial score (nSPS) is 16.7. The number of allylic oxidation sites excluding steroid dienone is 1. The van der Waals surface area contributed by atoms with Crippen LogP contribution in [0.5, 0.6) is 11.5 Å². The number of para-hydroxylation sites is 3. The summed E-state index contributed by atoms with van der Waals surface area (Å²) in [5, 5.41) is 6.47. The van der Waals surface area contributed by atoms with Crippen LogP contribution >= 0.6 is 0 Å². The third kappa shape index (κ3) is 3.28. The number of fused-ring (bicyclic) bond motifs is 4. The minimum Gasteiger partial charge on any atom is -0.486 e. The van der Waals surface area contributed by atoms with E-state index in [0.29, 0.717) is 36.2 Å². The number of amides is 1. The number of hydrogen-bond acceptors (Lipinski definition) is 5. The highest BCUT2D eigenvalue weighted by Crippen LogP contribution is 2.42. The van der Waals surface area contributed by atoms with Crippen molar-refractivity contribution in [3.8, 4) is 11.5 Å². The Hall–Kier alpha value is -4.26. The largest absolute Gasteiger partial charge is 0.486 e. The summed E-state index contributed by atoms with van der Waals surface area (Å²) in [4.78, 5) is 18.6. The lowest BCUT2D eigenvalue weighted by Gasteiger charge is -2.31. The van der Waals surface area contributed by atoms with E-state index < -0.39 is 6.04 Å². The Morgan fingerprint density at radius 1 is 1.00 bits per heavy atom. The Kier molecular flexibility index (Phi) is 4.76. The molecule has 1 unspecified atom stereocenters. The number of ether oxygens (including phenoxy) is 2. The number of nitrogens with one attached hydrogen (secondary N) is 2. The van der Waals surface area contributed by atoms with E-state index in [1.165, 1.54) is 0 Å². The van der Waals surface area contributed by atoms with E-state index in [1.807, 2.05) is 80.6 Å². The van der Waals surface area contributed by atoms with Gasteiger partial charge in [0, 0.05) is 11.4 Å². The first-order valence-corrected chi connectivity index (χ1v) is 11.3. The van der Waals surface area contributed by atoms with Gasteiger partial charge in [-0.15, -0.1) is 0 Å². The minimum atomic E-state index is -0.400. The van der Waals surface area contributed by atoms with Gasteiger partial charge >= 0.3 is 0 Å². The molecule has 3 heterocycles. The zero-order valence-electron chi connectivity index (χ0n) is 19.0. The number of hydrogen-bond donors (Lipinski definition) is 2. The van der Waals surface area contributed by atoms with Crippen molar-refractivity contribution in [2.75, 3.05) is 23.8 Å². The van der Waals surface area contributed by atoms with Crippen LogP contribution in [-0.2, 0) is 4.79 Å². The number of aromatic nitrogens is 2. The lowest BCUT2D eigenvalue weighted by Crippen LogP contribution is -2.31. The van der Waals surface area contributed by atoms with Crippen LogP contribution in [0.2, 0.25) is 0 Å². The van der Waals surface area contributed by atoms with E-state index in [-0.39, 0.29) is 5.91 Å². The summed E-state index contributed by atoms with van der Waals surface area (Å²) < 4.78 is 13.7. The fraction of sp³-hybridized carbons (Fsp3) is 0.185. The van der Waals surface area contributed by atoms with Crippen molar-refractivity contribution in [1.29, 1.82) is 0 Å². The second kappa shape index (κ2) is 7.95. The molecule has 7 heteroatoms. The smallest absolute Gasteiger partial charge is 0.255 e. The van der Waals surface area contributed by atoms with Crippen molar-refractivity contribution in [2.24, 2.45) is 0 Å². The molecule has 0 bridgehead atoms. The third-order valence-corrected chi connectivity index (χ3v) is 6.35. The maximum Gasteiger partial charge on any atom is 0.255 e. The summed E-state index contributed by atoms with van der Waals surface area (Å²) in [5.74, 6) is 1.93. The summed E-state index contributed by atoms with van der Waals surface area (Å²) in [6.45, 7) is 4.92. The van der Waals surface area contributed by atoms with Gasteiger partial charge in [0.1, 0.15) is 13.2 Å². The lowest BCUT2D eigenvalue weighted by molar-refractivity contribution is -0.113. The Morgan fingerprint density at radius 3 is 2.62 bits per heavy atom. The second-order valence-electron chi connectivity index (χ2n) is 8.53. The van der Waals surface area contributed by atoms with Crippen molar-refractivity contribution < 1.29 is 14.3 Å². The summed E-state index contributed by atoms with van der Waals surface area (Å²) in [7, 11) is 0. The van der Waals surface area contributed by atoms with Gasteiger partial charge in [0.15, 0.2) is 11.5 Å². The molecule has 0 saturated heterocycles. The second-order valence-corrected chi connectivity index (χ2v) is 8.53. The van der Waals surface area contributed by atoms with Crippen LogP contribution in [0.4, 0.5) is 11.6 Å². The number of rotatable bonds is 3. The van der Waals surface area contributed by atoms with Crippen LogP contribution in [0.1, 0.15) is 24.1 Å². The van der Waals surface area contributed by atoms with E-state index in [4.69, 9.17) is 14.5 Å². The molecular formula is C27H24N4O3. The van der Waals surface area contributed by atoms with E-state index in [2.05, 4.69) is 15.2 Å². The lowest BCUT2D eigenvalue weighted by atomic mass is 9.93. The molecule has 2 aliphatic rings. The van der Waals surface area contributed by atoms with Crippen LogP contribution in [-0.4, -0.2) is 28.7 Å². The highest BCUT2D eigenvalue weighted by Gasteiger charge is 2.35. The van der Waals surface area contributed by atoms with Crippen molar-refractivity contribution in [2.45, 2.75) is 19.9 Å². The Morgan fingerprint density at radius 2 is 1.76 bits per heavy atom. The highest BCUT2D eigenvalue weighted by molar-refractivity contribution is 6.06. The van der Waals surface area contributed by atoms with Crippen molar-refractivity contribution in [1.82, 2.24) is 9.55 Å². The molecule has 34 heavy (non-hydrogen) atoms. The molecule has 6 rings (SSSR count). The molecule has 0 fully saturated rings. The third-order valence-electron chi connectivity index (χ3n) is 6.35. The SMILES string of the molecule is CC1=C(C(=O)Nc2ccccc2C)C(c2ccc3c(c2)OCCO3)n2c(nc3ccccc32)N1. The standard InChI is InChI=1S/C27H24N4O3/c1-16-7-3-4-8-19(16)29-26(32)24-17(2)28-27-30-20-9-5-6-10-21(20)31(27)25(24)18-11-12-22-23(15-18)34-14-13-33-22/h3-12,15,25H,13-14H2,1-2H3,(H,28,30)(H,29,32). The molecule has 4 aromatic rings. The summed E-state index contributed by atoms with van der Waals surface area (Å²) in [6, 6.07) is 21.2. The fourth-order valence-electron chi connectivity index (χ4n) is 4.71. The highest BCUT2D eigenvalue weighted by atomic mass is 16.6. The first-order valence-electron chi connectivity index (χ1n) is 11.3. The topological polar surface area (TPSA) is 77.4 Å². The molecular weight excluding hydrogens is 428 g/mol. The number of imidazole rings is 1. The van der Waals surface area contributed by atoms with Gasteiger partial charge in [0.05, 0.1) is 22.6 Å². The van der Waals surface area contributed by atoms with Crippen molar-refractivity contribution in [3.05, 3.63) is 89.1 Å². The summed E-state index contributed by atoms with van der Waals surface area (Å²) in [6.07, 6.45) is 0. The average Bonchev–Trinajstić information content (AvgIpc) is 3.22. The van der Waals surface area contributed by atoms with Gasteiger partial charge in [0.25, 0.3) is 5.91 Å². The van der Waals surface area contributed by atoms with E-state index in [9.17, 15) is 4.79 Å². The predicted octanol–water partition coefficient (Wildman–Crippen LogP) is 5.04. The molecule has 0 saturated carbocycles. The minimum absolute atomic E-state index is 0.164. The fourth-order valence-corrected chi connectivity index (χ4v) is 4.71. The van der Waals surface area contributed by atoms with E-state index >= 15 is 0 Å². The quantitative estimate of drug-likeness (QED) is 0.455. The van der Waals surface area contributed by atoms with Crippen LogP contribution in [0.15, 0.2) is 78.0 Å². The average molecular weight is 453 g/mol. The molecule has 2 aliphatic heterocycles. The molecule has 0 radical (unpaired) electrons. The van der Waals surface area contributed by atoms with Gasteiger partial charge in [-0.25, -0.2) is 4.98 Å². The van der Waals surface area contributed by atoms with Crippen molar-refractivity contribution in [3.63, 3.8) is 0 Å². The summed E-state index contributed by atoms with van der Waals surface area (Å²) in [5.41, 5.74) is 5.89. The Bertz CT molecular complexity index is 1470. The van der Waals surface area contributed by atoms with Gasteiger partial charge in [-0.2, -0.15) is 0 Å². The first kappa shape index (κ1) is 20.4. The van der Waals surface area contributed by atoms with Crippen LogP contribution in [0.25, 0.3) is 11.0 Å². The Labute approximate surface area is 197 Å². The number of benzene rings is 3. The number of carbonyl (C=O) groups is 1. The summed E-state index contributed by atoms with van der Waals surface area (Å²) >= 11 is 0. The predicted molar refractivity (Wildman–Crippen MR) is 131 cm³/mol. The number of anilines is 2. The van der Waals surface area contributed by atoms with Crippen molar-refractivity contribution >= 4 is 28.6 Å². The van der Waals surface area contributed by atoms with Gasteiger partial charge in [0.2, 0.25) is 5.95 Å². The first-order chi connectivity index (χ1) is 16.6.